The van der Waals surface area contributed by atoms with Gasteiger partial charge in [-0.25, -0.2) is 4.98 Å². The predicted molar refractivity (Wildman–Crippen MR) is 73.4 cm³/mol. The topological polar surface area (TPSA) is 52.0 Å². The first-order valence-electron chi connectivity index (χ1n) is 6.91. The lowest BCUT2D eigenvalue weighted by Crippen LogP contribution is -2.21. The van der Waals surface area contributed by atoms with Crippen molar-refractivity contribution in [2.45, 2.75) is 45.3 Å². The Morgan fingerprint density at radius 3 is 3.00 bits per heavy atom. The maximum absolute atomic E-state index is 5.66. The molecule has 19 heavy (non-hydrogen) atoms. The van der Waals surface area contributed by atoms with Crippen molar-refractivity contribution in [3.8, 4) is 0 Å². The van der Waals surface area contributed by atoms with Gasteiger partial charge in [0.1, 0.15) is 0 Å². The lowest BCUT2D eigenvalue weighted by atomic mass is 10.2. The van der Waals surface area contributed by atoms with Crippen LogP contribution in [0.2, 0.25) is 0 Å². The van der Waals surface area contributed by atoms with Gasteiger partial charge in [0.05, 0.1) is 11.8 Å². The molecule has 1 aliphatic rings. The van der Waals surface area contributed by atoms with Crippen molar-refractivity contribution in [2.75, 3.05) is 0 Å². The van der Waals surface area contributed by atoms with E-state index in [1.165, 1.54) is 25.7 Å². The number of rotatable bonds is 4. The van der Waals surface area contributed by atoms with Crippen LogP contribution in [0.15, 0.2) is 12.3 Å². The van der Waals surface area contributed by atoms with Crippen molar-refractivity contribution in [1.82, 2.24) is 20.2 Å². The van der Waals surface area contributed by atoms with Crippen LogP contribution in [-0.4, -0.2) is 20.9 Å². The van der Waals surface area contributed by atoms with Crippen LogP contribution in [0.3, 0.4) is 0 Å². The number of pyridine rings is 1. The van der Waals surface area contributed by atoms with E-state index in [9.17, 15) is 0 Å². The Balaban J connectivity index is 1.65. The normalized spacial score (nSPS) is 16.5. The molecule has 0 spiro atoms. The van der Waals surface area contributed by atoms with E-state index in [-0.39, 0.29) is 0 Å². The minimum atomic E-state index is 0.386. The summed E-state index contributed by atoms with van der Waals surface area (Å²) in [6.07, 6.45) is 7.19. The maximum Gasteiger partial charge on any atom is 0.157 e. The monoisotopic (exact) mass is 260 g/mol. The molecule has 0 bridgehead atoms. The SMILES string of the molecule is Cc1nn(C)c2ncc(CNOC3CCCC3)cc12. The number of nitrogens with zero attached hydrogens (tertiary/aromatic N) is 3. The Kier molecular flexibility index (Phi) is 3.48. The number of nitrogens with one attached hydrogen (secondary N) is 1. The number of aryl methyl sites for hydroxylation is 2. The highest BCUT2D eigenvalue weighted by atomic mass is 16.7. The van der Waals surface area contributed by atoms with E-state index >= 15 is 0 Å². The zero-order valence-electron chi connectivity index (χ0n) is 11.5. The first-order chi connectivity index (χ1) is 9.24. The largest absolute Gasteiger partial charge is 0.298 e. The summed E-state index contributed by atoms with van der Waals surface area (Å²) in [5, 5.41) is 5.49. The number of hydrogen-bond donors (Lipinski definition) is 1. The molecule has 5 heteroatoms. The van der Waals surface area contributed by atoms with Gasteiger partial charge in [0.25, 0.3) is 0 Å². The average Bonchev–Trinajstić information content (AvgIpc) is 3.00. The van der Waals surface area contributed by atoms with Crippen LogP contribution in [0.1, 0.15) is 36.9 Å². The minimum absolute atomic E-state index is 0.386. The van der Waals surface area contributed by atoms with Gasteiger partial charge in [0, 0.05) is 25.2 Å². The van der Waals surface area contributed by atoms with Gasteiger partial charge in [-0.05, 0) is 31.4 Å². The summed E-state index contributed by atoms with van der Waals surface area (Å²) in [5.74, 6) is 0. The van der Waals surface area contributed by atoms with Crippen LogP contribution in [0.25, 0.3) is 11.0 Å². The summed E-state index contributed by atoms with van der Waals surface area (Å²) in [6, 6.07) is 2.13. The molecule has 0 radical (unpaired) electrons. The molecule has 2 aromatic heterocycles. The van der Waals surface area contributed by atoms with Crippen LogP contribution >= 0.6 is 0 Å². The van der Waals surface area contributed by atoms with Crippen molar-refractivity contribution in [3.63, 3.8) is 0 Å². The summed E-state index contributed by atoms with van der Waals surface area (Å²) in [6.45, 7) is 2.70. The fourth-order valence-electron chi connectivity index (χ4n) is 2.70. The van der Waals surface area contributed by atoms with Crippen molar-refractivity contribution in [1.29, 1.82) is 0 Å². The summed E-state index contributed by atoms with van der Waals surface area (Å²) >= 11 is 0. The first-order valence-corrected chi connectivity index (χ1v) is 6.91. The predicted octanol–water partition coefficient (Wildman–Crippen LogP) is 2.24. The van der Waals surface area contributed by atoms with Crippen molar-refractivity contribution < 1.29 is 4.84 Å². The van der Waals surface area contributed by atoms with Gasteiger partial charge in [-0.3, -0.25) is 9.52 Å². The fraction of sp³-hybridized carbons (Fsp3) is 0.571. The second-order valence-electron chi connectivity index (χ2n) is 5.27. The van der Waals surface area contributed by atoms with E-state index in [0.29, 0.717) is 12.6 Å². The Morgan fingerprint density at radius 1 is 1.42 bits per heavy atom. The molecule has 0 aromatic carbocycles. The standard InChI is InChI=1S/C14H20N4O/c1-10-13-7-11(8-15-14(13)18(2)17-10)9-16-19-12-5-3-4-6-12/h7-8,12,16H,3-6,9H2,1-2H3. The Labute approximate surface area is 112 Å². The number of hydroxylamine groups is 1. The Bertz CT molecular complexity index is 572. The number of aromatic nitrogens is 3. The second kappa shape index (κ2) is 5.27. The summed E-state index contributed by atoms with van der Waals surface area (Å²) in [7, 11) is 1.92. The zero-order valence-corrected chi connectivity index (χ0v) is 11.5. The molecular weight excluding hydrogens is 240 g/mol. The van der Waals surface area contributed by atoms with Gasteiger partial charge in [0.2, 0.25) is 0 Å². The van der Waals surface area contributed by atoms with E-state index in [4.69, 9.17) is 4.84 Å². The average molecular weight is 260 g/mol. The highest BCUT2D eigenvalue weighted by Crippen LogP contribution is 2.20. The van der Waals surface area contributed by atoms with Gasteiger partial charge >= 0.3 is 0 Å². The zero-order chi connectivity index (χ0) is 13.2. The third-order valence-electron chi connectivity index (χ3n) is 3.75. The summed E-state index contributed by atoms with van der Waals surface area (Å²) in [4.78, 5) is 10.1. The molecule has 1 aliphatic carbocycles. The summed E-state index contributed by atoms with van der Waals surface area (Å²) in [5.41, 5.74) is 6.14. The first kappa shape index (κ1) is 12.6. The lowest BCUT2D eigenvalue weighted by Gasteiger charge is -2.11. The highest BCUT2D eigenvalue weighted by Gasteiger charge is 2.15. The van der Waals surface area contributed by atoms with Crippen LogP contribution in [0, 0.1) is 6.92 Å². The number of hydrogen-bond acceptors (Lipinski definition) is 4. The van der Waals surface area contributed by atoms with E-state index < -0.39 is 0 Å². The van der Waals surface area contributed by atoms with Crippen LogP contribution < -0.4 is 5.48 Å². The smallest absolute Gasteiger partial charge is 0.157 e. The van der Waals surface area contributed by atoms with Crippen molar-refractivity contribution in [3.05, 3.63) is 23.5 Å². The Hall–Kier alpha value is -1.46. The van der Waals surface area contributed by atoms with Gasteiger partial charge in [-0.1, -0.05) is 12.8 Å². The third-order valence-corrected chi connectivity index (χ3v) is 3.75. The van der Waals surface area contributed by atoms with Gasteiger partial charge in [-0.15, -0.1) is 0 Å². The quantitative estimate of drug-likeness (QED) is 0.857. The number of fused-ring (bicyclic) bond motifs is 1. The molecule has 5 nitrogen and oxygen atoms in total. The molecule has 2 heterocycles. The van der Waals surface area contributed by atoms with E-state index in [2.05, 4.69) is 21.6 Å². The Morgan fingerprint density at radius 2 is 2.21 bits per heavy atom. The second-order valence-corrected chi connectivity index (χ2v) is 5.27. The molecule has 3 rings (SSSR count). The molecule has 1 N–H and O–H groups in total. The molecule has 102 valence electrons. The van der Waals surface area contributed by atoms with Crippen molar-refractivity contribution >= 4 is 11.0 Å². The van der Waals surface area contributed by atoms with E-state index in [0.717, 1.165) is 22.3 Å². The fourth-order valence-corrected chi connectivity index (χ4v) is 2.70. The lowest BCUT2D eigenvalue weighted by molar-refractivity contribution is -0.0244. The molecule has 1 saturated carbocycles. The van der Waals surface area contributed by atoms with E-state index in [1.54, 1.807) is 0 Å². The van der Waals surface area contributed by atoms with E-state index in [1.807, 2.05) is 24.9 Å². The molecule has 2 aromatic rings. The van der Waals surface area contributed by atoms with Crippen LogP contribution in [0.5, 0.6) is 0 Å². The molecular formula is C14H20N4O. The highest BCUT2D eigenvalue weighted by molar-refractivity contribution is 5.78. The summed E-state index contributed by atoms with van der Waals surface area (Å²) < 4.78 is 1.82. The van der Waals surface area contributed by atoms with Crippen LogP contribution in [-0.2, 0) is 18.4 Å². The third kappa shape index (κ3) is 2.62. The van der Waals surface area contributed by atoms with Gasteiger partial charge in [0.15, 0.2) is 5.65 Å². The molecule has 0 amide bonds. The maximum atomic E-state index is 5.66. The van der Waals surface area contributed by atoms with Gasteiger partial charge < -0.3 is 0 Å². The minimum Gasteiger partial charge on any atom is -0.298 e. The molecule has 0 aliphatic heterocycles. The molecule has 0 saturated heterocycles. The molecule has 0 atom stereocenters. The molecule has 0 unspecified atom stereocenters. The van der Waals surface area contributed by atoms with Crippen LogP contribution in [0.4, 0.5) is 0 Å². The van der Waals surface area contributed by atoms with Gasteiger partial charge in [-0.2, -0.15) is 10.6 Å². The van der Waals surface area contributed by atoms with Crippen molar-refractivity contribution in [2.24, 2.45) is 7.05 Å². The molecule has 1 fully saturated rings.